The van der Waals surface area contributed by atoms with Gasteiger partial charge in [-0.15, -0.1) is 0 Å². The van der Waals surface area contributed by atoms with E-state index < -0.39 is 16.1 Å². The average Bonchev–Trinajstić information content (AvgIpc) is 2.78. The topological polar surface area (TPSA) is 75.7 Å². The minimum absolute atomic E-state index is 0.278. The molecule has 0 radical (unpaired) electrons. The molecule has 3 rings (SSSR count). The summed E-state index contributed by atoms with van der Waals surface area (Å²) in [5.74, 6) is 0.415. The summed E-state index contributed by atoms with van der Waals surface area (Å²) < 4.78 is 33.1. The third-order valence-electron chi connectivity index (χ3n) is 6.54. The molecule has 0 spiro atoms. The predicted molar refractivity (Wildman–Crippen MR) is 133 cm³/mol. The number of sulfonamides is 1. The number of fused-ring (bicyclic) bond motifs is 1. The first-order valence-electron chi connectivity index (χ1n) is 11.4. The number of hydrogen-bond donors (Lipinski definition) is 1. The van der Waals surface area contributed by atoms with Gasteiger partial charge in [-0.3, -0.25) is 9.10 Å². The molecule has 180 valence electrons. The number of aryl methyl sites for hydroxylation is 1. The second-order valence-corrected chi connectivity index (χ2v) is 11.0. The molecule has 8 heteroatoms. The van der Waals surface area contributed by atoms with E-state index in [2.05, 4.69) is 19.2 Å². The molecule has 0 aliphatic carbocycles. The second-order valence-electron chi connectivity index (χ2n) is 8.71. The largest absolute Gasteiger partial charge is 0.487 e. The molecule has 1 N–H and O–H groups in total. The lowest BCUT2D eigenvalue weighted by Crippen LogP contribution is -2.52. The SMILES string of the molecule is CC[C@H](C(=O)N[C@@H]1CC(CC)(CC)Oc2ccccc21)N(c1ccc(C)c(Cl)c1)S(C)(=O)=O. The summed E-state index contributed by atoms with van der Waals surface area (Å²) in [4.78, 5) is 13.6. The summed E-state index contributed by atoms with van der Waals surface area (Å²) in [6.07, 6.45) is 3.65. The summed E-state index contributed by atoms with van der Waals surface area (Å²) in [6, 6.07) is 11.5. The molecule has 0 fully saturated rings. The molecule has 2 aromatic carbocycles. The van der Waals surface area contributed by atoms with Gasteiger partial charge >= 0.3 is 0 Å². The van der Waals surface area contributed by atoms with E-state index >= 15 is 0 Å². The molecule has 1 amide bonds. The number of ether oxygens (including phenoxy) is 1. The van der Waals surface area contributed by atoms with Crippen LogP contribution in [-0.2, 0) is 14.8 Å². The van der Waals surface area contributed by atoms with Gasteiger partial charge in [0.1, 0.15) is 17.4 Å². The summed E-state index contributed by atoms with van der Waals surface area (Å²) >= 11 is 6.27. The fourth-order valence-electron chi connectivity index (χ4n) is 4.48. The molecule has 1 aliphatic heterocycles. The lowest BCUT2D eigenvalue weighted by atomic mass is 9.83. The minimum Gasteiger partial charge on any atom is -0.487 e. The molecule has 0 saturated heterocycles. The lowest BCUT2D eigenvalue weighted by Gasteiger charge is -2.42. The van der Waals surface area contributed by atoms with Crippen molar-refractivity contribution in [2.75, 3.05) is 10.6 Å². The van der Waals surface area contributed by atoms with Crippen LogP contribution in [0.2, 0.25) is 5.02 Å². The molecular weight excluding hydrogens is 460 g/mol. The summed E-state index contributed by atoms with van der Waals surface area (Å²) in [5, 5.41) is 3.59. The summed E-state index contributed by atoms with van der Waals surface area (Å²) in [6.45, 7) is 7.81. The quantitative estimate of drug-likeness (QED) is 0.536. The highest BCUT2D eigenvalue weighted by atomic mass is 35.5. The number of hydrogen-bond acceptors (Lipinski definition) is 4. The zero-order chi connectivity index (χ0) is 24.4. The van der Waals surface area contributed by atoms with Gasteiger partial charge in [0, 0.05) is 17.0 Å². The highest BCUT2D eigenvalue weighted by molar-refractivity contribution is 7.92. The number of rotatable bonds is 8. The molecule has 6 nitrogen and oxygen atoms in total. The van der Waals surface area contributed by atoms with Crippen LogP contribution in [0.25, 0.3) is 0 Å². The van der Waals surface area contributed by atoms with Crippen molar-refractivity contribution in [3.8, 4) is 5.75 Å². The van der Waals surface area contributed by atoms with Crippen LogP contribution >= 0.6 is 11.6 Å². The van der Waals surface area contributed by atoms with Crippen molar-refractivity contribution in [3.05, 3.63) is 58.6 Å². The van der Waals surface area contributed by atoms with E-state index in [0.29, 0.717) is 23.6 Å². The zero-order valence-electron chi connectivity index (χ0n) is 19.9. The van der Waals surface area contributed by atoms with E-state index in [-0.39, 0.29) is 17.6 Å². The van der Waals surface area contributed by atoms with E-state index in [4.69, 9.17) is 16.3 Å². The summed E-state index contributed by atoms with van der Waals surface area (Å²) in [5.41, 5.74) is 1.73. The van der Waals surface area contributed by atoms with Crippen LogP contribution in [0.15, 0.2) is 42.5 Å². The maximum absolute atomic E-state index is 13.6. The molecule has 0 saturated carbocycles. The van der Waals surface area contributed by atoms with Gasteiger partial charge in [0.15, 0.2) is 0 Å². The Morgan fingerprint density at radius 3 is 2.45 bits per heavy atom. The van der Waals surface area contributed by atoms with Crippen molar-refractivity contribution in [3.63, 3.8) is 0 Å². The Morgan fingerprint density at radius 1 is 1.21 bits per heavy atom. The van der Waals surface area contributed by atoms with E-state index in [9.17, 15) is 13.2 Å². The van der Waals surface area contributed by atoms with Gasteiger partial charge in [0.05, 0.1) is 18.0 Å². The molecule has 1 heterocycles. The number of amides is 1. The summed E-state index contributed by atoms with van der Waals surface area (Å²) in [7, 11) is -3.75. The number of nitrogens with zero attached hydrogens (tertiary/aromatic N) is 1. The standard InChI is InChI=1S/C25H33ClN2O4S/c1-6-22(28(33(5,30)31)18-14-13-17(4)20(26)15-18)24(29)27-21-16-25(7-2,8-3)32-23-12-10-9-11-19(21)23/h9-15,21-22H,6-8,16H2,1-5H3,(H,27,29)/t21-,22-/m1/s1. The average molecular weight is 493 g/mol. The molecule has 0 aromatic heterocycles. The minimum atomic E-state index is -3.75. The molecular formula is C25H33ClN2O4S. The van der Waals surface area contributed by atoms with Crippen LogP contribution in [-0.4, -0.2) is 32.2 Å². The molecule has 0 bridgehead atoms. The maximum atomic E-state index is 13.6. The van der Waals surface area contributed by atoms with Gasteiger partial charge in [-0.25, -0.2) is 8.42 Å². The first-order valence-corrected chi connectivity index (χ1v) is 13.6. The number of benzene rings is 2. The first-order chi connectivity index (χ1) is 15.5. The Morgan fingerprint density at radius 2 is 1.88 bits per heavy atom. The van der Waals surface area contributed by atoms with E-state index in [1.165, 1.54) is 4.31 Å². The van der Waals surface area contributed by atoms with Crippen LogP contribution in [0.5, 0.6) is 5.75 Å². The van der Waals surface area contributed by atoms with Gasteiger partial charge in [0.25, 0.3) is 0 Å². The van der Waals surface area contributed by atoms with Gasteiger partial charge in [-0.2, -0.15) is 0 Å². The smallest absolute Gasteiger partial charge is 0.244 e. The highest BCUT2D eigenvalue weighted by Crippen LogP contribution is 2.42. The van der Waals surface area contributed by atoms with Gasteiger partial charge in [-0.05, 0) is 49.9 Å². The lowest BCUT2D eigenvalue weighted by molar-refractivity contribution is -0.123. The van der Waals surface area contributed by atoms with Crippen LogP contribution in [0.1, 0.15) is 63.6 Å². The Balaban J connectivity index is 1.97. The number of anilines is 1. The Labute approximate surface area is 202 Å². The van der Waals surface area contributed by atoms with Crippen molar-refractivity contribution in [1.82, 2.24) is 5.32 Å². The number of carbonyl (C=O) groups is 1. The Bertz CT molecular complexity index is 1120. The Hall–Kier alpha value is -2.25. The third-order valence-corrected chi connectivity index (χ3v) is 8.13. The highest BCUT2D eigenvalue weighted by Gasteiger charge is 2.40. The van der Waals surface area contributed by atoms with Crippen molar-refractivity contribution >= 4 is 33.2 Å². The Kier molecular flexibility index (Phi) is 7.64. The van der Waals surface area contributed by atoms with Crippen LogP contribution in [0, 0.1) is 6.92 Å². The first kappa shape index (κ1) is 25.4. The number of carbonyl (C=O) groups excluding carboxylic acids is 1. The van der Waals surface area contributed by atoms with Gasteiger partial charge in [0.2, 0.25) is 15.9 Å². The normalized spacial score (nSPS) is 18.1. The number of nitrogens with one attached hydrogen (secondary N) is 1. The zero-order valence-corrected chi connectivity index (χ0v) is 21.5. The predicted octanol–water partition coefficient (Wildman–Crippen LogP) is 5.39. The van der Waals surface area contributed by atoms with Crippen LogP contribution < -0.4 is 14.4 Å². The molecule has 33 heavy (non-hydrogen) atoms. The van der Waals surface area contributed by atoms with Crippen molar-refractivity contribution in [2.24, 2.45) is 0 Å². The van der Waals surface area contributed by atoms with E-state index in [0.717, 1.165) is 36.0 Å². The molecule has 0 unspecified atom stereocenters. The van der Waals surface area contributed by atoms with Crippen LogP contribution in [0.4, 0.5) is 5.69 Å². The molecule has 2 aromatic rings. The monoisotopic (exact) mass is 492 g/mol. The fraction of sp³-hybridized carbons (Fsp3) is 0.480. The third kappa shape index (κ3) is 5.30. The van der Waals surface area contributed by atoms with Crippen molar-refractivity contribution in [1.29, 1.82) is 0 Å². The number of para-hydroxylation sites is 1. The molecule has 2 atom stereocenters. The number of halogens is 1. The second kappa shape index (κ2) is 9.94. The van der Waals surface area contributed by atoms with Crippen LogP contribution in [0.3, 0.4) is 0 Å². The van der Waals surface area contributed by atoms with Crippen molar-refractivity contribution in [2.45, 2.75) is 71.1 Å². The van der Waals surface area contributed by atoms with E-state index in [1.54, 1.807) is 25.1 Å². The molecule has 1 aliphatic rings. The van der Waals surface area contributed by atoms with Gasteiger partial charge in [-0.1, -0.05) is 56.6 Å². The van der Waals surface area contributed by atoms with E-state index in [1.807, 2.05) is 31.2 Å². The van der Waals surface area contributed by atoms with Gasteiger partial charge < -0.3 is 10.1 Å². The van der Waals surface area contributed by atoms with Crippen molar-refractivity contribution < 1.29 is 17.9 Å². The maximum Gasteiger partial charge on any atom is 0.244 e. The fourth-order valence-corrected chi connectivity index (χ4v) is 5.86.